The number of rotatable bonds is 2. The first kappa shape index (κ1) is 11.6. The molecule has 1 saturated heterocycles. The summed E-state index contributed by atoms with van der Waals surface area (Å²) in [4.78, 5) is 2.37. The van der Waals surface area contributed by atoms with Gasteiger partial charge in [-0.25, -0.2) is 0 Å². The van der Waals surface area contributed by atoms with Crippen LogP contribution in [-0.2, 0) is 6.54 Å². The minimum absolute atomic E-state index is 0.510. The molecule has 5 nitrogen and oxygen atoms in total. The van der Waals surface area contributed by atoms with E-state index in [1.807, 2.05) is 18.3 Å². The van der Waals surface area contributed by atoms with Crippen LogP contribution < -0.4 is 5.73 Å². The second-order valence-corrected chi connectivity index (χ2v) is 5.07. The lowest BCUT2D eigenvalue weighted by molar-refractivity contribution is 0.250. The van der Waals surface area contributed by atoms with Crippen molar-refractivity contribution in [1.82, 2.24) is 19.5 Å². The summed E-state index contributed by atoms with van der Waals surface area (Å²) in [6.45, 7) is 2.78. The van der Waals surface area contributed by atoms with E-state index in [1.165, 1.54) is 0 Å². The van der Waals surface area contributed by atoms with Gasteiger partial charge in [0.25, 0.3) is 0 Å². The molecule has 1 fully saturated rings. The van der Waals surface area contributed by atoms with Crippen LogP contribution in [0.2, 0.25) is 0 Å². The molecule has 0 amide bonds. The Hall–Kier alpha value is -1.46. The lowest BCUT2D eigenvalue weighted by Gasteiger charge is -2.27. The molecule has 1 aliphatic rings. The Morgan fingerprint density at radius 2 is 2.11 bits per heavy atom. The average molecular weight is 245 g/mol. The van der Waals surface area contributed by atoms with Crippen molar-refractivity contribution in [3.05, 3.63) is 29.7 Å². The molecule has 2 aromatic heterocycles. The minimum Gasteiger partial charge on any atom is -0.326 e. The van der Waals surface area contributed by atoms with Gasteiger partial charge in [-0.1, -0.05) is 6.07 Å². The summed E-state index contributed by atoms with van der Waals surface area (Å²) < 4.78 is 2.11. The predicted molar refractivity (Wildman–Crippen MR) is 70.4 cm³/mol. The molecule has 0 aromatic carbocycles. The second kappa shape index (κ2) is 4.66. The average Bonchev–Trinajstić information content (AvgIpc) is 2.83. The molecule has 0 saturated carbocycles. The molecule has 0 spiro atoms. The van der Waals surface area contributed by atoms with Crippen LogP contribution in [0.3, 0.4) is 0 Å². The normalized spacial score (nSPS) is 18.6. The van der Waals surface area contributed by atoms with Crippen molar-refractivity contribution in [2.45, 2.75) is 25.3 Å². The van der Waals surface area contributed by atoms with E-state index in [1.54, 1.807) is 0 Å². The van der Waals surface area contributed by atoms with Crippen LogP contribution in [0.25, 0.3) is 5.65 Å². The van der Waals surface area contributed by atoms with E-state index in [0.29, 0.717) is 12.5 Å². The number of nitrogens with zero attached hydrogens (tertiary/aromatic N) is 4. The topological polar surface area (TPSA) is 59.5 Å². The number of nitrogens with two attached hydrogens (primary N) is 1. The first-order chi connectivity index (χ1) is 8.79. The summed E-state index contributed by atoms with van der Waals surface area (Å²) in [5.41, 5.74) is 7.70. The zero-order chi connectivity index (χ0) is 12.5. The van der Waals surface area contributed by atoms with E-state index in [2.05, 4.69) is 26.5 Å². The van der Waals surface area contributed by atoms with E-state index in [-0.39, 0.29) is 0 Å². The van der Waals surface area contributed by atoms with Gasteiger partial charge in [-0.3, -0.25) is 4.40 Å². The molecule has 0 unspecified atom stereocenters. The molecule has 0 radical (unpaired) electrons. The molecule has 2 N–H and O–H groups in total. The van der Waals surface area contributed by atoms with E-state index in [4.69, 9.17) is 5.73 Å². The summed E-state index contributed by atoms with van der Waals surface area (Å²) in [5.74, 6) is 1.61. The van der Waals surface area contributed by atoms with Gasteiger partial charge in [0.15, 0.2) is 5.65 Å². The smallest absolute Gasteiger partial charge is 0.165 e. The Balaban J connectivity index is 1.98. The second-order valence-electron chi connectivity index (χ2n) is 5.07. The molecule has 0 atom stereocenters. The maximum absolute atomic E-state index is 5.73. The molecular formula is C13H19N5. The van der Waals surface area contributed by atoms with E-state index in [0.717, 1.165) is 43.0 Å². The zero-order valence-electron chi connectivity index (χ0n) is 10.7. The van der Waals surface area contributed by atoms with Gasteiger partial charge in [0, 0.05) is 24.2 Å². The van der Waals surface area contributed by atoms with Crippen LogP contribution >= 0.6 is 0 Å². The molecule has 0 bridgehead atoms. The van der Waals surface area contributed by atoms with E-state index >= 15 is 0 Å². The molecule has 96 valence electrons. The van der Waals surface area contributed by atoms with Gasteiger partial charge in [-0.2, -0.15) is 0 Å². The number of hydrogen-bond donors (Lipinski definition) is 1. The Morgan fingerprint density at radius 1 is 1.33 bits per heavy atom. The van der Waals surface area contributed by atoms with Crippen molar-refractivity contribution in [2.75, 3.05) is 20.1 Å². The van der Waals surface area contributed by atoms with Gasteiger partial charge < -0.3 is 10.6 Å². The highest BCUT2D eigenvalue weighted by molar-refractivity contribution is 5.47. The van der Waals surface area contributed by atoms with Crippen LogP contribution in [-0.4, -0.2) is 39.6 Å². The molecular weight excluding hydrogens is 226 g/mol. The van der Waals surface area contributed by atoms with Gasteiger partial charge in [-0.05, 0) is 39.0 Å². The molecule has 18 heavy (non-hydrogen) atoms. The molecule has 3 heterocycles. The number of hydrogen-bond acceptors (Lipinski definition) is 4. The van der Waals surface area contributed by atoms with Gasteiger partial charge in [0.1, 0.15) is 5.82 Å². The Bertz CT molecular complexity index is 539. The molecule has 3 rings (SSSR count). The summed E-state index contributed by atoms with van der Waals surface area (Å²) in [5, 5.41) is 8.69. The highest BCUT2D eigenvalue weighted by Crippen LogP contribution is 2.26. The van der Waals surface area contributed by atoms with Crippen molar-refractivity contribution in [3.63, 3.8) is 0 Å². The van der Waals surface area contributed by atoms with Gasteiger partial charge in [-0.15, -0.1) is 10.2 Å². The van der Waals surface area contributed by atoms with Crippen molar-refractivity contribution in [3.8, 4) is 0 Å². The van der Waals surface area contributed by atoms with Gasteiger partial charge in [0.05, 0.1) is 0 Å². The number of fused-ring (bicyclic) bond motifs is 1. The lowest BCUT2D eigenvalue weighted by Crippen LogP contribution is -2.29. The Labute approximate surface area is 107 Å². The standard InChI is InChI=1S/C13H19N5/c1-17-7-4-10(5-8-17)12-15-16-13-11(9-14)3-2-6-18(12)13/h2-3,6,10H,4-5,7-9,14H2,1H3. The van der Waals surface area contributed by atoms with Crippen LogP contribution in [0.4, 0.5) is 0 Å². The Kier molecular flexibility index (Phi) is 3.01. The number of pyridine rings is 1. The zero-order valence-corrected chi connectivity index (χ0v) is 10.7. The third-order valence-corrected chi connectivity index (χ3v) is 3.85. The van der Waals surface area contributed by atoms with Gasteiger partial charge >= 0.3 is 0 Å². The fourth-order valence-electron chi connectivity index (χ4n) is 2.69. The first-order valence-electron chi connectivity index (χ1n) is 6.50. The van der Waals surface area contributed by atoms with Crippen molar-refractivity contribution < 1.29 is 0 Å². The highest BCUT2D eigenvalue weighted by atomic mass is 15.3. The highest BCUT2D eigenvalue weighted by Gasteiger charge is 2.23. The fraction of sp³-hybridized carbons (Fsp3) is 0.538. The molecule has 0 aliphatic carbocycles. The van der Waals surface area contributed by atoms with E-state index < -0.39 is 0 Å². The predicted octanol–water partition coefficient (Wildman–Crippen LogP) is 0.997. The van der Waals surface area contributed by atoms with Crippen molar-refractivity contribution in [2.24, 2.45) is 5.73 Å². The quantitative estimate of drug-likeness (QED) is 0.857. The van der Waals surface area contributed by atoms with Crippen LogP contribution in [0.15, 0.2) is 18.3 Å². The monoisotopic (exact) mass is 245 g/mol. The molecule has 5 heteroatoms. The first-order valence-corrected chi connectivity index (χ1v) is 6.50. The van der Waals surface area contributed by atoms with Crippen molar-refractivity contribution in [1.29, 1.82) is 0 Å². The lowest BCUT2D eigenvalue weighted by atomic mass is 9.96. The maximum atomic E-state index is 5.73. The summed E-state index contributed by atoms with van der Waals surface area (Å²) in [6.07, 6.45) is 4.36. The van der Waals surface area contributed by atoms with E-state index in [9.17, 15) is 0 Å². The Morgan fingerprint density at radius 3 is 2.83 bits per heavy atom. The number of likely N-dealkylation sites (tertiary alicyclic amines) is 1. The third-order valence-electron chi connectivity index (χ3n) is 3.85. The molecule has 1 aliphatic heterocycles. The fourth-order valence-corrected chi connectivity index (χ4v) is 2.69. The number of aromatic nitrogens is 3. The van der Waals surface area contributed by atoms with Crippen LogP contribution in [0.1, 0.15) is 30.1 Å². The SMILES string of the molecule is CN1CCC(c2nnc3c(CN)cccn23)CC1. The van der Waals surface area contributed by atoms with Crippen LogP contribution in [0.5, 0.6) is 0 Å². The third kappa shape index (κ3) is 1.89. The van der Waals surface area contributed by atoms with Crippen LogP contribution in [0, 0.1) is 0 Å². The summed E-state index contributed by atoms with van der Waals surface area (Å²) in [6, 6.07) is 4.04. The van der Waals surface area contributed by atoms with Gasteiger partial charge in [0.2, 0.25) is 0 Å². The summed E-state index contributed by atoms with van der Waals surface area (Å²) in [7, 11) is 2.17. The molecule has 2 aromatic rings. The number of piperidine rings is 1. The maximum Gasteiger partial charge on any atom is 0.165 e. The minimum atomic E-state index is 0.510. The summed E-state index contributed by atoms with van der Waals surface area (Å²) >= 11 is 0. The largest absolute Gasteiger partial charge is 0.326 e. The van der Waals surface area contributed by atoms with Crippen molar-refractivity contribution >= 4 is 5.65 Å².